The molecule has 0 heterocycles. The normalized spacial score (nSPS) is 11.2. The Labute approximate surface area is 155 Å². The lowest BCUT2D eigenvalue weighted by atomic mass is 9.99. The largest absolute Gasteiger partial charge is 0.296 e. The zero-order valence-corrected chi connectivity index (χ0v) is 17.0. The second-order valence-electron chi connectivity index (χ2n) is 6.27. The van der Waals surface area contributed by atoms with Crippen molar-refractivity contribution < 1.29 is 0 Å². The van der Waals surface area contributed by atoms with Crippen molar-refractivity contribution in [2.24, 2.45) is 15.3 Å². The van der Waals surface area contributed by atoms with Crippen LogP contribution in [0.1, 0.15) is 54.9 Å². The van der Waals surface area contributed by atoms with Gasteiger partial charge in [-0.05, 0) is 72.9 Å². The first-order chi connectivity index (χ1) is 11.0. The number of nitrogens with zero attached hydrogens (tertiary/aromatic N) is 3. The van der Waals surface area contributed by atoms with Gasteiger partial charge in [0.25, 0.3) is 0 Å². The highest BCUT2D eigenvalue weighted by atomic mass is 32.1. The van der Waals surface area contributed by atoms with E-state index >= 15 is 0 Å². The first-order valence-electron chi connectivity index (χ1n) is 7.46. The summed E-state index contributed by atoms with van der Waals surface area (Å²) in [7, 11) is 0. The van der Waals surface area contributed by atoms with Gasteiger partial charge in [-0.15, -0.1) is 0 Å². The quantitative estimate of drug-likeness (QED) is 0.264. The van der Waals surface area contributed by atoms with Crippen LogP contribution in [0.15, 0.2) is 15.3 Å². The van der Waals surface area contributed by atoms with E-state index in [1.165, 1.54) is 0 Å². The predicted octanol–water partition coefficient (Wildman–Crippen LogP) is 1.76. The molecule has 24 heavy (non-hydrogen) atoms. The molecule has 10 heteroatoms. The Balaban J connectivity index is 4.34. The average Bonchev–Trinajstić information content (AvgIpc) is 2.46. The highest BCUT2D eigenvalue weighted by Crippen LogP contribution is 2.08. The van der Waals surface area contributed by atoms with Crippen LogP contribution in [0.5, 0.6) is 0 Å². The Morgan fingerprint density at radius 3 is 1.75 bits per heavy atom. The van der Waals surface area contributed by atoms with E-state index in [1.54, 1.807) is 0 Å². The number of hydrogen-bond acceptors (Lipinski definition) is 6. The third kappa shape index (κ3) is 12.9. The maximum atomic E-state index is 5.12. The molecule has 0 saturated carbocycles. The van der Waals surface area contributed by atoms with Crippen molar-refractivity contribution in [3.63, 3.8) is 0 Å². The van der Waals surface area contributed by atoms with E-state index < -0.39 is 0 Å². The summed E-state index contributed by atoms with van der Waals surface area (Å²) >= 11 is 10.2. The van der Waals surface area contributed by atoms with Gasteiger partial charge in [0, 0.05) is 29.1 Å². The molecule has 0 unspecified atom stereocenters. The number of thiocarbonyl (C=S) groups is 2. The SMILES string of the molecule is CC(C)=NNC(=S)NN=C(C)CC(C)(C)NNC(=S)NN=C(C)C. The molecule has 5 N–H and O–H groups in total. The predicted molar refractivity (Wildman–Crippen MR) is 110 cm³/mol. The second-order valence-corrected chi connectivity index (χ2v) is 7.09. The van der Waals surface area contributed by atoms with Gasteiger partial charge in [0.15, 0.2) is 0 Å². The van der Waals surface area contributed by atoms with Gasteiger partial charge < -0.3 is 0 Å². The average molecular weight is 373 g/mol. The summed E-state index contributed by atoms with van der Waals surface area (Å²) < 4.78 is 0. The van der Waals surface area contributed by atoms with E-state index in [9.17, 15) is 0 Å². The van der Waals surface area contributed by atoms with Gasteiger partial charge in [-0.3, -0.25) is 21.7 Å². The lowest BCUT2D eigenvalue weighted by Gasteiger charge is -2.27. The fourth-order valence-electron chi connectivity index (χ4n) is 1.47. The molecule has 0 saturated heterocycles. The Morgan fingerprint density at radius 2 is 1.25 bits per heavy atom. The van der Waals surface area contributed by atoms with Gasteiger partial charge in [-0.25, -0.2) is 5.43 Å². The zero-order valence-electron chi connectivity index (χ0n) is 15.4. The molecule has 0 aromatic rings. The smallest absolute Gasteiger partial charge is 0.207 e. The number of nitrogens with one attached hydrogen (secondary N) is 5. The van der Waals surface area contributed by atoms with E-state index in [4.69, 9.17) is 24.4 Å². The molecule has 0 aromatic carbocycles. The van der Waals surface area contributed by atoms with Gasteiger partial charge in [0.2, 0.25) is 10.2 Å². The lowest BCUT2D eigenvalue weighted by molar-refractivity contribution is 0.379. The molecule has 0 amide bonds. The fraction of sp³-hybridized carbons (Fsp3) is 0.643. The van der Waals surface area contributed by atoms with E-state index in [2.05, 4.69) is 42.4 Å². The third-order valence-corrected chi connectivity index (χ3v) is 2.70. The maximum absolute atomic E-state index is 5.12. The summed E-state index contributed by atoms with van der Waals surface area (Å²) in [6, 6.07) is 0. The van der Waals surface area contributed by atoms with Crippen LogP contribution in [0.2, 0.25) is 0 Å². The number of hydrogen-bond donors (Lipinski definition) is 5. The fourth-order valence-corrected chi connectivity index (χ4v) is 1.66. The van der Waals surface area contributed by atoms with Crippen molar-refractivity contribution in [2.75, 3.05) is 0 Å². The van der Waals surface area contributed by atoms with Crippen LogP contribution in [0.4, 0.5) is 0 Å². The van der Waals surface area contributed by atoms with Crippen LogP contribution in [0.3, 0.4) is 0 Å². The van der Waals surface area contributed by atoms with Crippen molar-refractivity contribution >= 4 is 51.8 Å². The van der Waals surface area contributed by atoms with E-state index in [1.807, 2.05) is 48.5 Å². The molecule has 0 aliphatic heterocycles. The monoisotopic (exact) mass is 372 g/mol. The number of hydrazone groups is 3. The summed E-state index contributed by atoms with van der Waals surface area (Å²) in [5, 5.41) is 13.0. The first kappa shape index (κ1) is 22.4. The molecule has 0 bridgehead atoms. The van der Waals surface area contributed by atoms with E-state index in [0.717, 1.165) is 17.1 Å². The van der Waals surface area contributed by atoms with Gasteiger partial charge >= 0.3 is 0 Å². The van der Waals surface area contributed by atoms with Crippen LogP contribution < -0.4 is 27.1 Å². The first-order valence-corrected chi connectivity index (χ1v) is 8.27. The number of hydrazine groups is 1. The minimum absolute atomic E-state index is 0.279. The molecule has 136 valence electrons. The Hall–Kier alpha value is -1.65. The summed E-state index contributed by atoms with van der Waals surface area (Å²) in [5.74, 6) is 0. The Morgan fingerprint density at radius 1 is 0.792 bits per heavy atom. The molecule has 0 aliphatic carbocycles. The zero-order chi connectivity index (χ0) is 18.8. The highest BCUT2D eigenvalue weighted by molar-refractivity contribution is 7.80. The summed E-state index contributed by atoms with van der Waals surface area (Å²) in [6.45, 7) is 13.5. The molecule has 0 radical (unpaired) electrons. The Bertz CT molecular complexity index is 529. The molecule has 0 rings (SSSR count). The topological polar surface area (TPSA) is 97.2 Å². The summed E-state index contributed by atoms with van der Waals surface area (Å²) in [4.78, 5) is 0. The van der Waals surface area contributed by atoms with Crippen molar-refractivity contribution in [1.82, 2.24) is 27.1 Å². The minimum Gasteiger partial charge on any atom is -0.296 e. The summed E-state index contributed by atoms with van der Waals surface area (Å²) in [5.41, 5.74) is 16.6. The molecule has 0 aliphatic rings. The Kier molecular flexibility index (Phi) is 10.2. The highest BCUT2D eigenvalue weighted by Gasteiger charge is 2.19. The molecular formula is C14H28N8S2. The molecule has 8 nitrogen and oxygen atoms in total. The van der Waals surface area contributed by atoms with Crippen molar-refractivity contribution in [3.05, 3.63) is 0 Å². The second kappa shape index (κ2) is 11.0. The molecule has 0 spiro atoms. The molecular weight excluding hydrogens is 344 g/mol. The standard InChI is InChI=1S/C14H28N8S2/c1-9(2)15-18-12(23)20-17-11(5)8-14(6,7)22-21-13(24)19-16-10(3)4/h22H,8H2,1-7H3,(H2,18,20,23)(H2,19,21,24). The number of rotatable bonds is 7. The minimum atomic E-state index is -0.279. The van der Waals surface area contributed by atoms with Crippen molar-refractivity contribution in [2.45, 2.75) is 60.4 Å². The molecule has 0 atom stereocenters. The van der Waals surface area contributed by atoms with Crippen LogP contribution in [0.25, 0.3) is 0 Å². The van der Waals surface area contributed by atoms with Gasteiger partial charge in [0.05, 0.1) is 0 Å². The van der Waals surface area contributed by atoms with Crippen LogP contribution in [-0.4, -0.2) is 32.9 Å². The van der Waals surface area contributed by atoms with Crippen molar-refractivity contribution in [1.29, 1.82) is 0 Å². The maximum Gasteiger partial charge on any atom is 0.207 e. The lowest BCUT2D eigenvalue weighted by Crippen LogP contribution is -2.53. The van der Waals surface area contributed by atoms with Crippen LogP contribution in [-0.2, 0) is 0 Å². The van der Waals surface area contributed by atoms with Crippen LogP contribution >= 0.6 is 24.4 Å². The van der Waals surface area contributed by atoms with Crippen LogP contribution in [0, 0.1) is 0 Å². The third-order valence-electron chi connectivity index (χ3n) is 2.32. The van der Waals surface area contributed by atoms with E-state index in [-0.39, 0.29) is 5.54 Å². The van der Waals surface area contributed by atoms with Crippen molar-refractivity contribution in [3.8, 4) is 0 Å². The molecule has 0 fully saturated rings. The van der Waals surface area contributed by atoms with E-state index in [0.29, 0.717) is 16.6 Å². The summed E-state index contributed by atoms with van der Waals surface area (Å²) in [6.07, 6.45) is 0.671. The molecule has 0 aromatic heterocycles. The van der Waals surface area contributed by atoms with Gasteiger partial charge in [-0.2, -0.15) is 15.3 Å². The van der Waals surface area contributed by atoms with Gasteiger partial charge in [0.1, 0.15) is 0 Å². The van der Waals surface area contributed by atoms with Gasteiger partial charge in [-0.1, -0.05) is 0 Å².